The van der Waals surface area contributed by atoms with E-state index >= 15 is 0 Å². The van der Waals surface area contributed by atoms with Gasteiger partial charge in [-0.2, -0.15) is 0 Å². The lowest BCUT2D eigenvalue weighted by molar-refractivity contribution is -0.117. The number of rotatable bonds is 4. The summed E-state index contributed by atoms with van der Waals surface area (Å²) in [6, 6.07) is 0. The lowest BCUT2D eigenvalue weighted by atomic mass is 10.1. The third-order valence-electron chi connectivity index (χ3n) is 2.54. The van der Waals surface area contributed by atoms with Crippen molar-refractivity contribution in [2.75, 3.05) is 13.1 Å². The van der Waals surface area contributed by atoms with Gasteiger partial charge >= 0.3 is 0 Å². The van der Waals surface area contributed by atoms with Crippen molar-refractivity contribution in [3.8, 4) is 0 Å². The standard InChI is InChI=1S/C9H18N2O/c1-7-2-3-8(4-7)5-11-6-9(10)12/h7-8,11H,2-6H2,1H3,(H2,10,12). The smallest absolute Gasteiger partial charge is 0.231 e. The lowest BCUT2D eigenvalue weighted by Gasteiger charge is -2.09. The zero-order valence-corrected chi connectivity index (χ0v) is 7.68. The van der Waals surface area contributed by atoms with E-state index in [1.165, 1.54) is 19.3 Å². The van der Waals surface area contributed by atoms with Gasteiger partial charge in [-0.25, -0.2) is 0 Å². The van der Waals surface area contributed by atoms with Gasteiger partial charge in [0.1, 0.15) is 0 Å². The molecule has 70 valence electrons. The fourth-order valence-electron chi connectivity index (χ4n) is 1.91. The van der Waals surface area contributed by atoms with E-state index in [9.17, 15) is 4.79 Å². The van der Waals surface area contributed by atoms with Crippen LogP contribution in [-0.2, 0) is 4.79 Å². The molecule has 2 unspecified atom stereocenters. The Hall–Kier alpha value is -0.570. The average molecular weight is 170 g/mol. The van der Waals surface area contributed by atoms with E-state index in [1.807, 2.05) is 0 Å². The highest BCUT2D eigenvalue weighted by Gasteiger charge is 2.20. The fourth-order valence-corrected chi connectivity index (χ4v) is 1.91. The Kier molecular flexibility index (Phi) is 3.53. The first-order valence-corrected chi connectivity index (χ1v) is 4.67. The topological polar surface area (TPSA) is 55.1 Å². The molecule has 1 aliphatic carbocycles. The highest BCUT2D eigenvalue weighted by Crippen LogP contribution is 2.29. The molecular weight excluding hydrogens is 152 g/mol. The minimum atomic E-state index is -0.263. The zero-order chi connectivity index (χ0) is 8.97. The van der Waals surface area contributed by atoms with Gasteiger partial charge in [0, 0.05) is 0 Å². The van der Waals surface area contributed by atoms with Gasteiger partial charge < -0.3 is 11.1 Å². The average Bonchev–Trinajstić information content (AvgIpc) is 2.35. The van der Waals surface area contributed by atoms with E-state index in [1.54, 1.807) is 0 Å². The Bertz CT molecular complexity index is 159. The second-order valence-electron chi connectivity index (χ2n) is 3.88. The number of nitrogens with one attached hydrogen (secondary N) is 1. The molecule has 0 aromatic heterocycles. The predicted molar refractivity (Wildman–Crippen MR) is 48.6 cm³/mol. The molecule has 0 aromatic carbocycles. The monoisotopic (exact) mass is 170 g/mol. The third-order valence-corrected chi connectivity index (χ3v) is 2.54. The molecule has 1 amide bonds. The summed E-state index contributed by atoms with van der Waals surface area (Å²) in [6.45, 7) is 3.56. The molecule has 3 N–H and O–H groups in total. The van der Waals surface area contributed by atoms with Gasteiger partial charge in [0.15, 0.2) is 0 Å². The van der Waals surface area contributed by atoms with Gasteiger partial charge in [0.05, 0.1) is 6.54 Å². The number of carbonyl (C=O) groups is 1. The summed E-state index contributed by atoms with van der Waals surface area (Å²) in [5, 5.41) is 3.07. The van der Waals surface area contributed by atoms with Crippen molar-refractivity contribution >= 4 is 5.91 Å². The van der Waals surface area contributed by atoms with E-state index in [0.29, 0.717) is 6.54 Å². The number of hydrogen-bond acceptors (Lipinski definition) is 2. The Balaban J connectivity index is 2.04. The van der Waals surface area contributed by atoms with E-state index in [4.69, 9.17) is 5.73 Å². The lowest BCUT2D eigenvalue weighted by Crippen LogP contribution is -2.31. The van der Waals surface area contributed by atoms with Crippen LogP contribution in [0.3, 0.4) is 0 Å². The van der Waals surface area contributed by atoms with Crippen molar-refractivity contribution in [2.45, 2.75) is 26.2 Å². The number of carbonyl (C=O) groups excluding carboxylic acids is 1. The summed E-state index contributed by atoms with van der Waals surface area (Å²) in [5.41, 5.74) is 5.00. The van der Waals surface area contributed by atoms with E-state index in [0.717, 1.165) is 18.4 Å². The molecule has 3 heteroatoms. The Labute approximate surface area is 73.7 Å². The largest absolute Gasteiger partial charge is 0.369 e. The minimum absolute atomic E-state index is 0.263. The van der Waals surface area contributed by atoms with Crippen molar-refractivity contribution in [1.29, 1.82) is 0 Å². The van der Waals surface area contributed by atoms with Gasteiger partial charge in [0.2, 0.25) is 5.91 Å². The van der Waals surface area contributed by atoms with Gasteiger partial charge in [-0.3, -0.25) is 4.79 Å². The van der Waals surface area contributed by atoms with Crippen molar-refractivity contribution in [3.05, 3.63) is 0 Å². The van der Waals surface area contributed by atoms with Crippen LogP contribution in [0.15, 0.2) is 0 Å². The Morgan fingerprint density at radius 1 is 1.58 bits per heavy atom. The maximum Gasteiger partial charge on any atom is 0.231 e. The highest BCUT2D eigenvalue weighted by atomic mass is 16.1. The quantitative estimate of drug-likeness (QED) is 0.645. The maximum atomic E-state index is 10.4. The van der Waals surface area contributed by atoms with Crippen molar-refractivity contribution in [2.24, 2.45) is 17.6 Å². The SMILES string of the molecule is CC1CCC(CNCC(N)=O)C1. The number of hydrogen-bond donors (Lipinski definition) is 2. The first-order valence-electron chi connectivity index (χ1n) is 4.67. The van der Waals surface area contributed by atoms with E-state index in [-0.39, 0.29) is 5.91 Å². The van der Waals surface area contributed by atoms with Crippen LogP contribution < -0.4 is 11.1 Å². The Morgan fingerprint density at radius 2 is 2.33 bits per heavy atom. The molecule has 1 rings (SSSR count). The predicted octanol–water partition coefficient (Wildman–Crippen LogP) is 0.497. The fraction of sp³-hybridized carbons (Fsp3) is 0.889. The molecule has 0 saturated heterocycles. The van der Waals surface area contributed by atoms with Crippen LogP contribution in [0, 0.1) is 11.8 Å². The molecule has 0 bridgehead atoms. The molecule has 0 radical (unpaired) electrons. The first-order chi connectivity index (χ1) is 5.68. The molecule has 0 aliphatic heterocycles. The summed E-state index contributed by atoms with van der Waals surface area (Å²) >= 11 is 0. The zero-order valence-electron chi connectivity index (χ0n) is 7.68. The molecule has 1 saturated carbocycles. The van der Waals surface area contributed by atoms with Crippen LogP contribution >= 0.6 is 0 Å². The summed E-state index contributed by atoms with van der Waals surface area (Å²) < 4.78 is 0. The molecule has 1 aliphatic rings. The van der Waals surface area contributed by atoms with E-state index in [2.05, 4.69) is 12.2 Å². The molecule has 0 aromatic rings. The normalized spacial score (nSPS) is 29.1. The van der Waals surface area contributed by atoms with Crippen LogP contribution in [-0.4, -0.2) is 19.0 Å². The minimum Gasteiger partial charge on any atom is -0.369 e. The number of primary amides is 1. The maximum absolute atomic E-state index is 10.4. The van der Waals surface area contributed by atoms with Gasteiger partial charge in [0.25, 0.3) is 0 Å². The van der Waals surface area contributed by atoms with Crippen LogP contribution in [0.1, 0.15) is 26.2 Å². The molecule has 2 atom stereocenters. The van der Waals surface area contributed by atoms with Gasteiger partial charge in [-0.05, 0) is 31.2 Å². The second kappa shape index (κ2) is 4.45. The number of nitrogens with two attached hydrogens (primary N) is 1. The molecule has 0 heterocycles. The first kappa shape index (κ1) is 9.52. The summed E-state index contributed by atoms with van der Waals surface area (Å²) in [5.74, 6) is 1.37. The van der Waals surface area contributed by atoms with Crippen LogP contribution in [0.25, 0.3) is 0 Å². The molecule has 1 fully saturated rings. The molecule has 3 nitrogen and oxygen atoms in total. The highest BCUT2D eigenvalue weighted by molar-refractivity contribution is 5.75. The molecule has 12 heavy (non-hydrogen) atoms. The summed E-state index contributed by atoms with van der Waals surface area (Å²) in [6.07, 6.45) is 3.93. The van der Waals surface area contributed by atoms with Gasteiger partial charge in [-0.1, -0.05) is 13.3 Å². The van der Waals surface area contributed by atoms with Crippen LogP contribution in [0.2, 0.25) is 0 Å². The van der Waals surface area contributed by atoms with Gasteiger partial charge in [-0.15, -0.1) is 0 Å². The van der Waals surface area contributed by atoms with Crippen molar-refractivity contribution < 1.29 is 4.79 Å². The summed E-state index contributed by atoms with van der Waals surface area (Å²) in [7, 11) is 0. The van der Waals surface area contributed by atoms with E-state index < -0.39 is 0 Å². The third kappa shape index (κ3) is 3.22. The Morgan fingerprint density at radius 3 is 2.83 bits per heavy atom. The molecular formula is C9H18N2O. The molecule has 0 spiro atoms. The van der Waals surface area contributed by atoms with Crippen molar-refractivity contribution in [3.63, 3.8) is 0 Å². The summed E-state index contributed by atoms with van der Waals surface area (Å²) in [4.78, 5) is 10.4. The van der Waals surface area contributed by atoms with Crippen LogP contribution in [0.5, 0.6) is 0 Å². The van der Waals surface area contributed by atoms with Crippen LogP contribution in [0.4, 0.5) is 0 Å². The number of amides is 1. The van der Waals surface area contributed by atoms with Crippen molar-refractivity contribution in [1.82, 2.24) is 5.32 Å². The second-order valence-corrected chi connectivity index (χ2v) is 3.88.